The van der Waals surface area contributed by atoms with Crippen molar-refractivity contribution in [3.8, 4) is 0 Å². The Kier molecular flexibility index (Phi) is 4.63. The van der Waals surface area contributed by atoms with Crippen LogP contribution in [0.4, 0.5) is 0 Å². The van der Waals surface area contributed by atoms with Gasteiger partial charge < -0.3 is 4.98 Å². The second-order valence-corrected chi connectivity index (χ2v) is 7.02. The van der Waals surface area contributed by atoms with E-state index in [2.05, 4.69) is 9.97 Å². The number of nitrogens with one attached hydrogen (secondary N) is 1. The maximum Gasteiger partial charge on any atom is 0.172 e. The minimum atomic E-state index is 0.224. The predicted octanol–water partition coefficient (Wildman–Crippen LogP) is 5.03. The third-order valence-corrected chi connectivity index (χ3v) is 5.11. The summed E-state index contributed by atoms with van der Waals surface area (Å²) in [5.74, 6) is 1.09. The van der Waals surface area contributed by atoms with Gasteiger partial charge in [0.05, 0.1) is 15.9 Å². The van der Waals surface area contributed by atoms with E-state index in [1.54, 1.807) is 11.8 Å². The number of aromatic nitrogens is 2. The van der Waals surface area contributed by atoms with E-state index in [1.165, 1.54) is 11.3 Å². The first-order chi connectivity index (χ1) is 10.2. The first kappa shape index (κ1) is 14.6. The van der Waals surface area contributed by atoms with Gasteiger partial charge in [0.2, 0.25) is 0 Å². The molecular weight excluding hydrogens is 324 g/mol. The van der Waals surface area contributed by atoms with E-state index >= 15 is 0 Å². The molecule has 0 aliphatic heterocycles. The molecule has 1 aromatic carbocycles. The number of benzene rings is 1. The van der Waals surface area contributed by atoms with Crippen LogP contribution in [0.15, 0.2) is 40.9 Å². The molecular formula is C15H13ClN2OS2. The Bertz CT molecular complexity index is 752. The maximum atomic E-state index is 11.9. The van der Waals surface area contributed by atoms with Crippen LogP contribution in [0.3, 0.4) is 0 Å². The molecule has 0 fully saturated rings. The third kappa shape index (κ3) is 3.67. The lowest BCUT2D eigenvalue weighted by Crippen LogP contribution is -1.96. The molecule has 2 aromatic heterocycles. The Hall–Kier alpha value is -1.30. The predicted molar refractivity (Wildman–Crippen MR) is 89.7 cm³/mol. The highest BCUT2D eigenvalue weighted by molar-refractivity contribution is 7.99. The van der Waals surface area contributed by atoms with Gasteiger partial charge in [0.1, 0.15) is 0 Å². The summed E-state index contributed by atoms with van der Waals surface area (Å²) in [6.45, 7) is 0. The number of hydrogen-bond donors (Lipinski definition) is 1. The molecule has 108 valence electrons. The van der Waals surface area contributed by atoms with Crippen molar-refractivity contribution in [3.05, 3.63) is 45.6 Å². The first-order valence-electron chi connectivity index (χ1n) is 6.57. The quantitative estimate of drug-likeness (QED) is 0.390. The molecule has 0 radical (unpaired) electrons. The second-order valence-electron chi connectivity index (χ2n) is 4.56. The number of ketones is 1. The zero-order valence-corrected chi connectivity index (χ0v) is 13.5. The summed E-state index contributed by atoms with van der Waals surface area (Å²) in [6, 6.07) is 9.39. The van der Waals surface area contributed by atoms with Crippen molar-refractivity contribution in [1.82, 2.24) is 9.97 Å². The first-order valence-corrected chi connectivity index (χ1v) is 8.81. The summed E-state index contributed by atoms with van der Waals surface area (Å²) in [4.78, 5) is 20.4. The number of thioether (sulfide) groups is 1. The number of aromatic amines is 1. The van der Waals surface area contributed by atoms with Crippen LogP contribution in [-0.2, 0) is 0 Å². The summed E-state index contributed by atoms with van der Waals surface area (Å²) >= 11 is 9.08. The number of fused-ring (bicyclic) bond motifs is 1. The van der Waals surface area contributed by atoms with Crippen LogP contribution in [0.25, 0.3) is 11.0 Å². The van der Waals surface area contributed by atoms with Crippen LogP contribution in [0, 0.1) is 0 Å². The Labute approximate surface area is 135 Å². The number of carbonyl (C=O) groups excluding carboxylic acids is 1. The van der Waals surface area contributed by atoms with Gasteiger partial charge >= 0.3 is 0 Å². The van der Waals surface area contributed by atoms with E-state index in [-0.39, 0.29) is 5.78 Å². The molecule has 2 heterocycles. The van der Waals surface area contributed by atoms with Crippen LogP contribution < -0.4 is 0 Å². The van der Waals surface area contributed by atoms with Crippen molar-refractivity contribution in [3.63, 3.8) is 0 Å². The number of thiophene rings is 1. The highest BCUT2D eigenvalue weighted by Crippen LogP contribution is 2.23. The molecule has 0 saturated carbocycles. The number of imidazole rings is 1. The van der Waals surface area contributed by atoms with Crippen LogP contribution in [-0.4, -0.2) is 21.5 Å². The van der Waals surface area contributed by atoms with E-state index in [4.69, 9.17) is 11.6 Å². The molecule has 0 bridgehead atoms. The van der Waals surface area contributed by atoms with Gasteiger partial charge in [-0.25, -0.2) is 4.98 Å². The molecule has 21 heavy (non-hydrogen) atoms. The largest absolute Gasteiger partial charge is 0.333 e. The van der Waals surface area contributed by atoms with Crippen molar-refractivity contribution in [2.24, 2.45) is 0 Å². The monoisotopic (exact) mass is 336 g/mol. The Morgan fingerprint density at radius 3 is 3.10 bits per heavy atom. The SMILES string of the molecule is O=C(CCCSc1nc2ccc(Cl)cc2[nH]1)c1cccs1. The Morgan fingerprint density at radius 2 is 2.29 bits per heavy atom. The molecule has 3 rings (SSSR count). The average Bonchev–Trinajstić information content (AvgIpc) is 3.11. The molecule has 0 saturated heterocycles. The average molecular weight is 337 g/mol. The van der Waals surface area contributed by atoms with E-state index in [9.17, 15) is 4.79 Å². The minimum Gasteiger partial charge on any atom is -0.333 e. The Balaban J connectivity index is 1.51. The van der Waals surface area contributed by atoms with Gasteiger partial charge in [-0.3, -0.25) is 4.79 Å². The normalized spacial score (nSPS) is 11.1. The van der Waals surface area contributed by atoms with Crippen LogP contribution in [0.1, 0.15) is 22.5 Å². The summed E-state index contributed by atoms with van der Waals surface area (Å²) in [7, 11) is 0. The smallest absolute Gasteiger partial charge is 0.172 e. The maximum absolute atomic E-state index is 11.9. The number of halogens is 1. The van der Waals surface area contributed by atoms with Crippen molar-refractivity contribution in [1.29, 1.82) is 0 Å². The van der Waals surface area contributed by atoms with E-state index in [0.717, 1.165) is 33.2 Å². The van der Waals surface area contributed by atoms with Gasteiger partial charge in [0.25, 0.3) is 0 Å². The van der Waals surface area contributed by atoms with Crippen molar-refractivity contribution >= 4 is 51.5 Å². The highest BCUT2D eigenvalue weighted by Gasteiger charge is 2.07. The van der Waals surface area contributed by atoms with Gasteiger partial charge in [-0.2, -0.15) is 0 Å². The number of nitrogens with zero attached hydrogens (tertiary/aromatic N) is 1. The molecule has 6 heteroatoms. The number of Topliss-reactive ketones (excluding diaryl/α,β-unsaturated/α-hetero) is 1. The third-order valence-electron chi connectivity index (χ3n) is 3.01. The fourth-order valence-corrected chi connectivity index (χ4v) is 3.68. The van der Waals surface area contributed by atoms with Crippen molar-refractivity contribution in [2.45, 2.75) is 18.0 Å². The van der Waals surface area contributed by atoms with Crippen LogP contribution in [0.5, 0.6) is 0 Å². The molecule has 0 spiro atoms. The molecule has 0 atom stereocenters. The zero-order chi connectivity index (χ0) is 14.7. The van der Waals surface area contributed by atoms with Gasteiger partial charge in [-0.05, 0) is 36.1 Å². The summed E-state index contributed by atoms with van der Waals surface area (Å²) in [5, 5.41) is 3.50. The summed E-state index contributed by atoms with van der Waals surface area (Å²) in [5.41, 5.74) is 1.86. The second kappa shape index (κ2) is 6.64. The molecule has 0 unspecified atom stereocenters. The summed E-state index contributed by atoms with van der Waals surface area (Å²) < 4.78 is 0. The fraction of sp³-hybridized carbons (Fsp3) is 0.200. The van der Waals surface area contributed by atoms with Gasteiger partial charge in [-0.15, -0.1) is 11.3 Å². The van der Waals surface area contributed by atoms with Gasteiger partial charge in [-0.1, -0.05) is 29.4 Å². The van der Waals surface area contributed by atoms with E-state index in [0.29, 0.717) is 11.4 Å². The van der Waals surface area contributed by atoms with E-state index < -0.39 is 0 Å². The van der Waals surface area contributed by atoms with Crippen molar-refractivity contribution in [2.75, 3.05) is 5.75 Å². The lowest BCUT2D eigenvalue weighted by atomic mass is 10.2. The zero-order valence-electron chi connectivity index (χ0n) is 11.1. The molecule has 1 N–H and O–H groups in total. The fourth-order valence-electron chi connectivity index (χ4n) is 1.99. The van der Waals surface area contributed by atoms with Crippen LogP contribution in [0.2, 0.25) is 5.02 Å². The Morgan fingerprint density at radius 1 is 1.38 bits per heavy atom. The molecule has 0 amide bonds. The number of rotatable bonds is 6. The minimum absolute atomic E-state index is 0.224. The topological polar surface area (TPSA) is 45.8 Å². The lowest BCUT2D eigenvalue weighted by molar-refractivity contribution is 0.0986. The number of carbonyl (C=O) groups is 1. The molecule has 0 aliphatic carbocycles. The van der Waals surface area contributed by atoms with Gasteiger partial charge in [0.15, 0.2) is 10.9 Å². The number of H-pyrrole nitrogens is 1. The number of hydrogen-bond acceptors (Lipinski definition) is 4. The lowest BCUT2D eigenvalue weighted by Gasteiger charge is -1.98. The molecule has 0 aliphatic rings. The highest BCUT2D eigenvalue weighted by atomic mass is 35.5. The standard InChI is InChI=1S/C15H13ClN2OS2/c16-10-5-6-11-12(9-10)18-15(17-11)21-8-1-3-13(19)14-4-2-7-20-14/h2,4-7,9H,1,3,8H2,(H,17,18). The molecule has 3 nitrogen and oxygen atoms in total. The van der Waals surface area contributed by atoms with Crippen molar-refractivity contribution < 1.29 is 4.79 Å². The summed E-state index contributed by atoms with van der Waals surface area (Å²) in [6.07, 6.45) is 1.43. The van der Waals surface area contributed by atoms with E-state index in [1.807, 2.05) is 35.7 Å². The molecule has 3 aromatic rings. The van der Waals surface area contributed by atoms with Crippen LogP contribution >= 0.6 is 34.7 Å². The van der Waals surface area contributed by atoms with Gasteiger partial charge in [0, 0.05) is 17.2 Å².